The topological polar surface area (TPSA) is 70.1 Å². The average Bonchev–Trinajstić information content (AvgIpc) is 2.27. The molecule has 0 bridgehead atoms. The first kappa shape index (κ1) is 11.4. The lowest BCUT2D eigenvalue weighted by Gasteiger charge is -2.22. The standard InChI is InChI=1S/C12H14N2O/c1-2-3-9-11(13)12(14,15)10-7-5-4-6-8-10/h2-9,13,15H,1,14H2/b9-3-,13-11?. The summed E-state index contributed by atoms with van der Waals surface area (Å²) in [5, 5.41) is 17.6. The Balaban J connectivity index is 2.97. The minimum absolute atomic E-state index is 0.0754. The Bertz CT molecular complexity index is 380. The Kier molecular flexibility index (Phi) is 3.55. The SMILES string of the molecule is C=C/C=C\C(=N)C(N)(O)c1ccccc1. The average molecular weight is 202 g/mol. The van der Waals surface area contributed by atoms with Crippen LogP contribution in [0, 0.1) is 5.41 Å². The van der Waals surface area contributed by atoms with Gasteiger partial charge in [-0.3, -0.25) is 5.73 Å². The van der Waals surface area contributed by atoms with Crippen LogP contribution in [0.2, 0.25) is 0 Å². The van der Waals surface area contributed by atoms with E-state index in [0.717, 1.165) is 0 Å². The third-order valence-electron chi connectivity index (χ3n) is 2.02. The quantitative estimate of drug-likeness (QED) is 0.394. The fourth-order valence-electron chi connectivity index (χ4n) is 1.14. The number of rotatable bonds is 4. The highest BCUT2D eigenvalue weighted by Gasteiger charge is 2.27. The van der Waals surface area contributed by atoms with E-state index >= 15 is 0 Å². The molecule has 0 saturated carbocycles. The van der Waals surface area contributed by atoms with Crippen molar-refractivity contribution in [3.63, 3.8) is 0 Å². The fraction of sp³-hybridized carbons (Fsp3) is 0.0833. The van der Waals surface area contributed by atoms with E-state index in [4.69, 9.17) is 11.1 Å². The second kappa shape index (κ2) is 4.68. The molecule has 0 saturated heterocycles. The lowest BCUT2D eigenvalue weighted by Crippen LogP contribution is -2.43. The second-order valence-corrected chi connectivity index (χ2v) is 3.14. The summed E-state index contributed by atoms with van der Waals surface area (Å²) < 4.78 is 0. The zero-order valence-electron chi connectivity index (χ0n) is 8.35. The van der Waals surface area contributed by atoms with Crippen molar-refractivity contribution in [3.8, 4) is 0 Å². The van der Waals surface area contributed by atoms with Crippen molar-refractivity contribution >= 4 is 5.71 Å². The number of nitrogens with one attached hydrogen (secondary N) is 1. The minimum atomic E-state index is -1.75. The van der Waals surface area contributed by atoms with Crippen molar-refractivity contribution < 1.29 is 5.11 Å². The highest BCUT2D eigenvalue weighted by molar-refractivity contribution is 5.99. The second-order valence-electron chi connectivity index (χ2n) is 3.14. The van der Waals surface area contributed by atoms with Crippen LogP contribution in [0.1, 0.15) is 5.56 Å². The first-order valence-corrected chi connectivity index (χ1v) is 4.54. The Morgan fingerprint density at radius 2 is 2.00 bits per heavy atom. The van der Waals surface area contributed by atoms with Crippen LogP contribution in [0.4, 0.5) is 0 Å². The van der Waals surface area contributed by atoms with Gasteiger partial charge in [0.15, 0.2) is 5.72 Å². The van der Waals surface area contributed by atoms with Gasteiger partial charge in [-0.1, -0.05) is 49.1 Å². The molecule has 0 amide bonds. The molecule has 0 radical (unpaired) electrons. The van der Waals surface area contributed by atoms with E-state index in [9.17, 15) is 5.11 Å². The van der Waals surface area contributed by atoms with Gasteiger partial charge in [0.25, 0.3) is 0 Å². The van der Waals surface area contributed by atoms with E-state index in [2.05, 4.69) is 6.58 Å². The molecule has 1 atom stereocenters. The maximum atomic E-state index is 9.95. The van der Waals surface area contributed by atoms with Crippen LogP contribution in [0.5, 0.6) is 0 Å². The number of benzene rings is 1. The Hall–Kier alpha value is -1.71. The molecular weight excluding hydrogens is 188 g/mol. The van der Waals surface area contributed by atoms with E-state index in [1.807, 2.05) is 6.07 Å². The molecule has 1 unspecified atom stereocenters. The molecule has 0 fully saturated rings. The number of hydrogen-bond acceptors (Lipinski definition) is 3. The van der Waals surface area contributed by atoms with Crippen molar-refractivity contribution in [2.75, 3.05) is 0 Å². The first-order valence-electron chi connectivity index (χ1n) is 4.54. The van der Waals surface area contributed by atoms with Crippen LogP contribution in [-0.2, 0) is 5.72 Å². The predicted molar refractivity (Wildman–Crippen MR) is 61.6 cm³/mol. The molecule has 0 aliphatic carbocycles. The fourth-order valence-corrected chi connectivity index (χ4v) is 1.14. The van der Waals surface area contributed by atoms with Gasteiger partial charge in [-0.25, -0.2) is 0 Å². The van der Waals surface area contributed by atoms with Gasteiger partial charge in [0.1, 0.15) is 0 Å². The van der Waals surface area contributed by atoms with Crippen LogP contribution in [0.25, 0.3) is 0 Å². The van der Waals surface area contributed by atoms with E-state index in [1.165, 1.54) is 12.2 Å². The van der Waals surface area contributed by atoms with Crippen LogP contribution in [0.3, 0.4) is 0 Å². The van der Waals surface area contributed by atoms with Crippen molar-refractivity contribution in [2.45, 2.75) is 5.72 Å². The summed E-state index contributed by atoms with van der Waals surface area (Å²) in [5.74, 6) is 0. The van der Waals surface area contributed by atoms with Crippen LogP contribution >= 0.6 is 0 Å². The molecule has 3 nitrogen and oxygen atoms in total. The molecule has 1 aromatic carbocycles. The molecule has 15 heavy (non-hydrogen) atoms. The number of nitrogens with two attached hydrogens (primary N) is 1. The van der Waals surface area contributed by atoms with Crippen LogP contribution in [0.15, 0.2) is 55.1 Å². The summed E-state index contributed by atoms with van der Waals surface area (Å²) in [6, 6.07) is 8.70. The number of allylic oxidation sites excluding steroid dienone is 2. The van der Waals surface area contributed by atoms with Gasteiger partial charge in [-0.15, -0.1) is 0 Å². The largest absolute Gasteiger partial charge is 0.366 e. The lowest BCUT2D eigenvalue weighted by molar-refractivity contribution is 0.119. The zero-order chi connectivity index (χ0) is 11.3. The first-order chi connectivity index (χ1) is 7.09. The number of hydrogen-bond donors (Lipinski definition) is 3. The maximum Gasteiger partial charge on any atom is 0.182 e. The van der Waals surface area contributed by atoms with Gasteiger partial charge in [0, 0.05) is 5.56 Å². The van der Waals surface area contributed by atoms with Crippen molar-refractivity contribution in [1.82, 2.24) is 0 Å². The Morgan fingerprint density at radius 3 is 2.53 bits per heavy atom. The molecule has 3 heteroatoms. The summed E-state index contributed by atoms with van der Waals surface area (Å²) in [6.07, 6.45) is 4.50. The molecule has 0 aromatic heterocycles. The zero-order valence-corrected chi connectivity index (χ0v) is 8.35. The summed E-state index contributed by atoms with van der Waals surface area (Å²) in [7, 11) is 0. The predicted octanol–water partition coefficient (Wildman–Crippen LogP) is 1.55. The summed E-state index contributed by atoms with van der Waals surface area (Å²) >= 11 is 0. The van der Waals surface area contributed by atoms with E-state index in [-0.39, 0.29) is 5.71 Å². The van der Waals surface area contributed by atoms with Gasteiger partial charge in [-0.2, -0.15) is 0 Å². The van der Waals surface area contributed by atoms with Crippen molar-refractivity contribution in [3.05, 3.63) is 60.7 Å². The van der Waals surface area contributed by atoms with E-state index in [1.54, 1.807) is 30.3 Å². The van der Waals surface area contributed by atoms with Gasteiger partial charge < -0.3 is 10.5 Å². The van der Waals surface area contributed by atoms with Crippen molar-refractivity contribution in [2.24, 2.45) is 5.73 Å². The highest BCUT2D eigenvalue weighted by atomic mass is 16.3. The molecule has 4 N–H and O–H groups in total. The van der Waals surface area contributed by atoms with Crippen LogP contribution < -0.4 is 5.73 Å². The van der Waals surface area contributed by atoms with Gasteiger partial charge >= 0.3 is 0 Å². The van der Waals surface area contributed by atoms with E-state index < -0.39 is 5.72 Å². The molecule has 78 valence electrons. The van der Waals surface area contributed by atoms with Gasteiger partial charge in [-0.05, 0) is 6.08 Å². The van der Waals surface area contributed by atoms with Crippen molar-refractivity contribution in [1.29, 1.82) is 5.41 Å². The maximum absolute atomic E-state index is 9.95. The minimum Gasteiger partial charge on any atom is -0.366 e. The van der Waals surface area contributed by atoms with Crippen LogP contribution in [-0.4, -0.2) is 10.8 Å². The Labute approximate surface area is 89.1 Å². The van der Waals surface area contributed by atoms with E-state index in [0.29, 0.717) is 5.56 Å². The Morgan fingerprint density at radius 1 is 1.40 bits per heavy atom. The summed E-state index contributed by atoms with van der Waals surface area (Å²) in [6.45, 7) is 3.48. The number of aliphatic hydroxyl groups is 1. The third kappa shape index (κ3) is 2.62. The molecule has 0 aliphatic heterocycles. The molecule has 1 rings (SSSR count). The highest BCUT2D eigenvalue weighted by Crippen LogP contribution is 2.16. The normalized spacial score (nSPS) is 14.8. The molecular formula is C12H14N2O. The lowest BCUT2D eigenvalue weighted by atomic mass is 9.98. The third-order valence-corrected chi connectivity index (χ3v) is 2.02. The monoisotopic (exact) mass is 202 g/mol. The molecule has 0 spiro atoms. The molecule has 0 heterocycles. The van der Waals surface area contributed by atoms with Gasteiger partial charge in [0.05, 0.1) is 5.71 Å². The van der Waals surface area contributed by atoms with Gasteiger partial charge in [0.2, 0.25) is 0 Å². The molecule has 1 aromatic rings. The summed E-state index contributed by atoms with van der Waals surface area (Å²) in [4.78, 5) is 0. The smallest absolute Gasteiger partial charge is 0.182 e. The summed E-state index contributed by atoms with van der Waals surface area (Å²) in [5.41, 5.74) is 4.33. The molecule has 0 aliphatic rings.